The molecule has 5 rings (SSSR count). The van der Waals surface area contributed by atoms with Gasteiger partial charge in [-0.25, -0.2) is 4.79 Å². The van der Waals surface area contributed by atoms with E-state index in [2.05, 4.69) is 21.2 Å². The van der Waals surface area contributed by atoms with Gasteiger partial charge in [0.15, 0.2) is 11.2 Å². The fourth-order valence-electron chi connectivity index (χ4n) is 4.93. The first-order valence-corrected chi connectivity index (χ1v) is 12.9. The van der Waals surface area contributed by atoms with Crippen LogP contribution in [0, 0.1) is 0 Å². The summed E-state index contributed by atoms with van der Waals surface area (Å²) in [6.45, 7) is 0.466. The molecule has 0 unspecified atom stereocenters. The lowest BCUT2D eigenvalue weighted by Crippen LogP contribution is -2.43. The molecule has 188 valence electrons. The van der Waals surface area contributed by atoms with Crippen molar-refractivity contribution in [1.82, 2.24) is 18.7 Å². The van der Waals surface area contributed by atoms with Gasteiger partial charge in [0.05, 0.1) is 13.1 Å². The van der Waals surface area contributed by atoms with Gasteiger partial charge in [-0.15, -0.1) is 0 Å². The second kappa shape index (κ2) is 9.94. The molecule has 5 N–H and O–H groups in total. The summed E-state index contributed by atoms with van der Waals surface area (Å²) in [6, 6.07) is 15.1. The summed E-state index contributed by atoms with van der Waals surface area (Å²) in [5, 5.41) is 3.51. The standard InChI is InChI=1S/C26H30BrN7O2/c1-32-23-22(24(35)34(26(32)36)15-17-9-3-5-11-19(17)28)33(14-16-8-2-4-10-18(16)27)25(31-23)30-21-13-7-6-12-20(21)29/h2-5,8-11,20-21H,6-7,12-15,28-29H2,1H3,(H,30,31)/t20-,21+/m1/s1. The molecule has 0 bridgehead atoms. The highest BCUT2D eigenvalue weighted by Crippen LogP contribution is 2.26. The molecule has 2 atom stereocenters. The molecule has 0 saturated heterocycles. The minimum absolute atomic E-state index is 0.00277. The molecule has 36 heavy (non-hydrogen) atoms. The van der Waals surface area contributed by atoms with Crippen LogP contribution in [0.1, 0.15) is 36.8 Å². The van der Waals surface area contributed by atoms with E-state index >= 15 is 0 Å². The van der Waals surface area contributed by atoms with E-state index in [0.717, 1.165) is 35.7 Å². The van der Waals surface area contributed by atoms with Crippen molar-refractivity contribution in [2.24, 2.45) is 12.8 Å². The lowest BCUT2D eigenvalue weighted by Gasteiger charge is -2.29. The molecule has 0 spiro atoms. The molecule has 1 aliphatic rings. The Hall–Kier alpha value is -3.37. The van der Waals surface area contributed by atoms with Crippen LogP contribution >= 0.6 is 15.9 Å². The third-order valence-corrected chi connectivity index (χ3v) is 7.81. The fraction of sp³-hybridized carbons (Fsp3) is 0.346. The van der Waals surface area contributed by atoms with Crippen LogP contribution in [0.5, 0.6) is 0 Å². The van der Waals surface area contributed by atoms with E-state index in [4.69, 9.17) is 16.5 Å². The van der Waals surface area contributed by atoms with Crippen molar-refractivity contribution in [3.63, 3.8) is 0 Å². The predicted molar refractivity (Wildman–Crippen MR) is 146 cm³/mol. The highest BCUT2D eigenvalue weighted by Gasteiger charge is 2.26. The first-order chi connectivity index (χ1) is 17.3. The van der Waals surface area contributed by atoms with E-state index in [9.17, 15) is 9.59 Å². The summed E-state index contributed by atoms with van der Waals surface area (Å²) in [7, 11) is 1.64. The number of nitrogens with zero attached hydrogens (tertiary/aromatic N) is 4. The van der Waals surface area contributed by atoms with Gasteiger partial charge in [-0.05, 0) is 36.1 Å². The quantitative estimate of drug-likeness (QED) is 0.316. The Morgan fingerprint density at radius 1 is 1.00 bits per heavy atom. The molecular weight excluding hydrogens is 522 g/mol. The maximum absolute atomic E-state index is 13.9. The van der Waals surface area contributed by atoms with Gasteiger partial charge < -0.3 is 16.8 Å². The summed E-state index contributed by atoms with van der Waals surface area (Å²) < 4.78 is 5.44. The van der Waals surface area contributed by atoms with Crippen LogP contribution in [0.3, 0.4) is 0 Å². The summed E-state index contributed by atoms with van der Waals surface area (Å²) >= 11 is 3.62. The zero-order valence-corrected chi connectivity index (χ0v) is 21.7. The van der Waals surface area contributed by atoms with Crippen molar-refractivity contribution in [3.8, 4) is 0 Å². The van der Waals surface area contributed by atoms with Crippen LogP contribution in [-0.2, 0) is 20.1 Å². The van der Waals surface area contributed by atoms with E-state index < -0.39 is 11.2 Å². The molecule has 4 aromatic rings. The smallest absolute Gasteiger partial charge is 0.332 e. The highest BCUT2D eigenvalue weighted by molar-refractivity contribution is 9.10. The van der Waals surface area contributed by atoms with Gasteiger partial charge in [0, 0.05) is 29.3 Å². The van der Waals surface area contributed by atoms with Crippen LogP contribution in [0.4, 0.5) is 11.6 Å². The SMILES string of the molecule is Cn1c(=O)n(Cc2ccccc2N)c(=O)c2c1nc(N[C@H]1CCCC[C@H]1N)n2Cc1ccccc1Br. The van der Waals surface area contributed by atoms with Crippen molar-refractivity contribution < 1.29 is 0 Å². The summed E-state index contributed by atoms with van der Waals surface area (Å²) in [5.41, 5.74) is 14.6. The number of anilines is 2. The summed E-state index contributed by atoms with van der Waals surface area (Å²) in [5.74, 6) is 0.534. The van der Waals surface area contributed by atoms with Crippen LogP contribution in [0.2, 0.25) is 0 Å². The van der Waals surface area contributed by atoms with Crippen molar-refractivity contribution in [1.29, 1.82) is 0 Å². The maximum atomic E-state index is 13.9. The van der Waals surface area contributed by atoms with Crippen molar-refractivity contribution >= 4 is 38.7 Å². The molecule has 2 heterocycles. The lowest BCUT2D eigenvalue weighted by atomic mass is 9.91. The Bertz CT molecular complexity index is 1540. The van der Waals surface area contributed by atoms with Crippen LogP contribution < -0.4 is 28.0 Å². The topological polar surface area (TPSA) is 126 Å². The van der Waals surface area contributed by atoms with Crippen molar-refractivity contribution in [2.75, 3.05) is 11.1 Å². The number of aromatic nitrogens is 4. The second-order valence-corrected chi connectivity index (χ2v) is 10.3. The minimum Gasteiger partial charge on any atom is -0.398 e. The molecule has 1 fully saturated rings. The third kappa shape index (κ3) is 4.46. The molecule has 0 aliphatic heterocycles. The Morgan fingerprint density at radius 2 is 1.67 bits per heavy atom. The third-order valence-electron chi connectivity index (χ3n) is 7.04. The van der Waals surface area contributed by atoms with Gasteiger partial charge in [-0.1, -0.05) is 65.2 Å². The van der Waals surface area contributed by atoms with E-state index in [0.29, 0.717) is 34.9 Å². The Balaban J connectivity index is 1.70. The average Bonchev–Trinajstić information content (AvgIpc) is 3.22. The summed E-state index contributed by atoms with van der Waals surface area (Å²) in [6.07, 6.45) is 4.05. The summed E-state index contributed by atoms with van der Waals surface area (Å²) in [4.78, 5) is 31.9. The number of rotatable bonds is 6. The van der Waals surface area contributed by atoms with Gasteiger partial charge in [0.1, 0.15) is 0 Å². The Morgan fingerprint density at radius 3 is 2.39 bits per heavy atom. The van der Waals surface area contributed by atoms with Gasteiger partial charge in [0.2, 0.25) is 5.95 Å². The van der Waals surface area contributed by atoms with Crippen LogP contribution in [0.15, 0.2) is 62.6 Å². The van der Waals surface area contributed by atoms with Crippen LogP contribution in [0.25, 0.3) is 11.2 Å². The first-order valence-electron chi connectivity index (χ1n) is 12.1. The first kappa shape index (κ1) is 24.3. The predicted octanol–water partition coefficient (Wildman–Crippen LogP) is 3.02. The number of benzene rings is 2. The highest BCUT2D eigenvalue weighted by atomic mass is 79.9. The number of aryl methyl sites for hydroxylation is 1. The van der Waals surface area contributed by atoms with E-state index in [1.807, 2.05) is 47.0 Å². The number of hydrogen-bond donors (Lipinski definition) is 3. The molecule has 0 amide bonds. The van der Waals surface area contributed by atoms with Gasteiger partial charge >= 0.3 is 5.69 Å². The number of nitrogens with one attached hydrogen (secondary N) is 1. The minimum atomic E-state index is -0.442. The van der Waals surface area contributed by atoms with Crippen molar-refractivity contribution in [3.05, 3.63) is 85.0 Å². The Kier molecular flexibility index (Phi) is 6.72. The second-order valence-electron chi connectivity index (χ2n) is 9.42. The number of nitrogen functional groups attached to an aromatic ring is 1. The molecule has 0 radical (unpaired) electrons. The molecule has 1 aliphatic carbocycles. The van der Waals surface area contributed by atoms with E-state index in [-0.39, 0.29) is 18.6 Å². The molecule has 1 saturated carbocycles. The normalized spacial score (nSPS) is 18.0. The number of fused-ring (bicyclic) bond motifs is 1. The van der Waals surface area contributed by atoms with Gasteiger partial charge in [0.25, 0.3) is 5.56 Å². The fourth-order valence-corrected chi connectivity index (χ4v) is 5.34. The number of nitrogens with two attached hydrogens (primary N) is 2. The molecular formula is C26H30BrN7O2. The monoisotopic (exact) mass is 551 g/mol. The average molecular weight is 552 g/mol. The molecule has 2 aromatic heterocycles. The van der Waals surface area contributed by atoms with Crippen molar-refractivity contribution in [2.45, 2.75) is 50.9 Å². The largest absolute Gasteiger partial charge is 0.398 e. The molecule has 10 heteroatoms. The molecule has 9 nitrogen and oxygen atoms in total. The van der Waals surface area contributed by atoms with Gasteiger partial charge in [-0.3, -0.25) is 18.5 Å². The number of imidazole rings is 1. The Labute approximate surface area is 216 Å². The van der Waals surface area contributed by atoms with Gasteiger partial charge in [-0.2, -0.15) is 4.98 Å². The molecule has 2 aromatic carbocycles. The number of halogens is 1. The lowest BCUT2D eigenvalue weighted by molar-refractivity contribution is 0.401. The van der Waals surface area contributed by atoms with Crippen LogP contribution in [-0.4, -0.2) is 30.8 Å². The number of hydrogen-bond acceptors (Lipinski definition) is 6. The number of para-hydroxylation sites is 1. The zero-order chi connectivity index (χ0) is 25.4. The van der Waals surface area contributed by atoms with E-state index in [1.165, 1.54) is 9.13 Å². The maximum Gasteiger partial charge on any atom is 0.332 e. The zero-order valence-electron chi connectivity index (χ0n) is 20.2. The van der Waals surface area contributed by atoms with E-state index in [1.54, 1.807) is 13.1 Å².